The number of fused-ring (bicyclic) bond motifs is 1. The number of imidazole rings is 1. The van der Waals surface area contributed by atoms with Crippen LogP contribution in [0, 0.1) is 0 Å². The minimum absolute atomic E-state index is 0.780. The zero-order valence-electron chi connectivity index (χ0n) is 10.0. The molecule has 4 nitrogen and oxygen atoms in total. The highest BCUT2D eigenvalue weighted by Crippen LogP contribution is 2.04. The highest BCUT2D eigenvalue weighted by atomic mass is 16.3. The Morgan fingerprint density at radius 1 is 1.22 bits per heavy atom. The third-order valence-corrected chi connectivity index (χ3v) is 2.85. The van der Waals surface area contributed by atoms with Crippen molar-refractivity contribution in [2.45, 2.75) is 13.0 Å². The fourth-order valence-corrected chi connectivity index (χ4v) is 1.96. The lowest BCUT2D eigenvalue weighted by Crippen LogP contribution is -2.16. The van der Waals surface area contributed by atoms with Gasteiger partial charge < -0.3 is 14.1 Å². The van der Waals surface area contributed by atoms with E-state index in [2.05, 4.69) is 16.5 Å². The number of nitrogens with one attached hydrogen (secondary N) is 1. The molecule has 3 aromatic heterocycles. The Labute approximate surface area is 105 Å². The molecule has 0 aliphatic rings. The zero-order valence-corrected chi connectivity index (χ0v) is 10.0. The molecule has 3 heterocycles. The molecule has 0 atom stereocenters. The van der Waals surface area contributed by atoms with Gasteiger partial charge in [0, 0.05) is 31.9 Å². The largest absolute Gasteiger partial charge is 0.469 e. The molecule has 3 aromatic rings. The van der Waals surface area contributed by atoms with Crippen molar-refractivity contribution in [2.24, 2.45) is 0 Å². The second kappa shape index (κ2) is 5.06. The van der Waals surface area contributed by atoms with Crippen LogP contribution in [-0.4, -0.2) is 15.9 Å². The molecule has 0 saturated heterocycles. The second-order valence-electron chi connectivity index (χ2n) is 4.20. The third kappa shape index (κ3) is 2.43. The molecule has 0 aliphatic heterocycles. The molecule has 0 unspecified atom stereocenters. The number of aromatic nitrogens is 2. The Kier molecular flexibility index (Phi) is 3.10. The van der Waals surface area contributed by atoms with Crippen molar-refractivity contribution in [3.8, 4) is 0 Å². The molecule has 0 fully saturated rings. The van der Waals surface area contributed by atoms with E-state index < -0.39 is 0 Å². The summed E-state index contributed by atoms with van der Waals surface area (Å²) in [5, 5.41) is 3.37. The van der Waals surface area contributed by atoms with Gasteiger partial charge in [0.05, 0.1) is 12.0 Å². The van der Waals surface area contributed by atoms with Crippen LogP contribution in [0.4, 0.5) is 0 Å². The summed E-state index contributed by atoms with van der Waals surface area (Å²) in [6.45, 7) is 1.67. The molecule has 1 N–H and O–H groups in total. The number of hydrogen-bond acceptors (Lipinski definition) is 3. The minimum atomic E-state index is 0.780. The number of rotatable bonds is 5. The van der Waals surface area contributed by atoms with E-state index in [0.29, 0.717) is 0 Å². The van der Waals surface area contributed by atoms with Crippen molar-refractivity contribution in [1.29, 1.82) is 0 Å². The summed E-state index contributed by atoms with van der Waals surface area (Å²) in [6, 6.07) is 9.91. The minimum Gasteiger partial charge on any atom is -0.469 e. The number of nitrogens with zero attached hydrogens (tertiary/aromatic N) is 2. The summed E-state index contributed by atoms with van der Waals surface area (Å²) in [5.41, 5.74) is 2.04. The van der Waals surface area contributed by atoms with Gasteiger partial charge in [-0.15, -0.1) is 0 Å². The number of furan rings is 1. The maximum absolute atomic E-state index is 5.27. The SMILES string of the molecule is c1coc(CCNCc2cn3ccccc3n2)c1. The van der Waals surface area contributed by atoms with Gasteiger partial charge in [0.15, 0.2) is 0 Å². The maximum Gasteiger partial charge on any atom is 0.137 e. The van der Waals surface area contributed by atoms with E-state index in [0.717, 1.165) is 36.6 Å². The number of pyridine rings is 1. The van der Waals surface area contributed by atoms with Crippen molar-refractivity contribution in [1.82, 2.24) is 14.7 Å². The lowest BCUT2D eigenvalue weighted by Gasteiger charge is -1.99. The summed E-state index contributed by atoms with van der Waals surface area (Å²) in [5.74, 6) is 1.01. The van der Waals surface area contributed by atoms with Gasteiger partial charge >= 0.3 is 0 Å². The van der Waals surface area contributed by atoms with E-state index in [4.69, 9.17) is 4.42 Å². The lowest BCUT2D eigenvalue weighted by molar-refractivity contribution is 0.498. The summed E-state index contributed by atoms with van der Waals surface area (Å²) >= 11 is 0. The summed E-state index contributed by atoms with van der Waals surface area (Å²) < 4.78 is 7.31. The smallest absolute Gasteiger partial charge is 0.137 e. The van der Waals surface area contributed by atoms with Crippen molar-refractivity contribution < 1.29 is 4.42 Å². The van der Waals surface area contributed by atoms with Crippen LogP contribution in [0.3, 0.4) is 0 Å². The molecule has 4 heteroatoms. The normalized spacial score (nSPS) is 11.1. The van der Waals surface area contributed by atoms with Crippen LogP contribution < -0.4 is 5.32 Å². The van der Waals surface area contributed by atoms with Crippen molar-refractivity contribution in [3.05, 3.63) is 60.4 Å². The van der Waals surface area contributed by atoms with Gasteiger partial charge in [-0.3, -0.25) is 0 Å². The first kappa shape index (κ1) is 11.0. The van der Waals surface area contributed by atoms with Crippen molar-refractivity contribution in [2.75, 3.05) is 6.54 Å². The summed E-state index contributed by atoms with van der Waals surface area (Å²) in [6.07, 6.45) is 6.67. The van der Waals surface area contributed by atoms with Crippen LogP contribution in [-0.2, 0) is 13.0 Å². The van der Waals surface area contributed by atoms with Gasteiger partial charge in [0.25, 0.3) is 0 Å². The molecule has 0 radical (unpaired) electrons. The predicted octanol–water partition coefficient (Wildman–Crippen LogP) is 2.26. The summed E-state index contributed by atoms with van der Waals surface area (Å²) in [4.78, 5) is 4.52. The Morgan fingerprint density at radius 3 is 3.06 bits per heavy atom. The average Bonchev–Trinajstić information content (AvgIpc) is 3.03. The number of hydrogen-bond donors (Lipinski definition) is 1. The predicted molar refractivity (Wildman–Crippen MR) is 69.3 cm³/mol. The summed E-state index contributed by atoms with van der Waals surface area (Å²) in [7, 11) is 0. The average molecular weight is 241 g/mol. The van der Waals surface area contributed by atoms with E-state index in [-0.39, 0.29) is 0 Å². The molecule has 0 bridgehead atoms. The van der Waals surface area contributed by atoms with E-state index in [1.807, 2.05) is 40.9 Å². The molecule has 0 aliphatic carbocycles. The quantitative estimate of drug-likeness (QED) is 0.697. The van der Waals surface area contributed by atoms with Gasteiger partial charge in [0.1, 0.15) is 11.4 Å². The van der Waals surface area contributed by atoms with E-state index in [1.54, 1.807) is 6.26 Å². The fourth-order valence-electron chi connectivity index (χ4n) is 1.96. The Balaban J connectivity index is 1.53. The van der Waals surface area contributed by atoms with Crippen LogP contribution in [0.25, 0.3) is 5.65 Å². The Bertz CT molecular complexity index is 580. The molecule has 0 saturated carbocycles. The monoisotopic (exact) mass is 241 g/mol. The third-order valence-electron chi connectivity index (χ3n) is 2.85. The molecular weight excluding hydrogens is 226 g/mol. The zero-order chi connectivity index (χ0) is 12.2. The van der Waals surface area contributed by atoms with Crippen LogP contribution in [0.1, 0.15) is 11.5 Å². The van der Waals surface area contributed by atoms with Gasteiger partial charge in [-0.2, -0.15) is 0 Å². The van der Waals surface area contributed by atoms with Gasteiger partial charge in [0.2, 0.25) is 0 Å². The first-order valence-electron chi connectivity index (χ1n) is 6.07. The van der Waals surface area contributed by atoms with Crippen LogP contribution in [0.15, 0.2) is 53.4 Å². The van der Waals surface area contributed by atoms with Crippen molar-refractivity contribution in [3.63, 3.8) is 0 Å². The molecule has 0 aromatic carbocycles. The molecule has 0 amide bonds. The molecule has 0 spiro atoms. The van der Waals surface area contributed by atoms with E-state index in [1.165, 1.54) is 0 Å². The maximum atomic E-state index is 5.27. The van der Waals surface area contributed by atoms with Crippen LogP contribution in [0.5, 0.6) is 0 Å². The lowest BCUT2D eigenvalue weighted by atomic mass is 10.3. The highest BCUT2D eigenvalue weighted by Gasteiger charge is 2.00. The first-order valence-corrected chi connectivity index (χ1v) is 6.07. The van der Waals surface area contributed by atoms with E-state index in [9.17, 15) is 0 Å². The Morgan fingerprint density at radius 2 is 2.22 bits per heavy atom. The highest BCUT2D eigenvalue weighted by molar-refractivity contribution is 5.39. The van der Waals surface area contributed by atoms with Crippen LogP contribution in [0.2, 0.25) is 0 Å². The molecule has 3 rings (SSSR count). The Hall–Kier alpha value is -2.07. The molecular formula is C14H15N3O. The first-order chi connectivity index (χ1) is 8.92. The fraction of sp³-hybridized carbons (Fsp3) is 0.214. The van der Waals surface area contributed by atoms with Crippen molar-refractivity contribution >= 4 is 5.65 Å². The standard InChI is InChI=1S/C14H15N3O/c1-2-8-17-11-12(16-14(17)5-1)10-15-7-6-13-4-3-9-18-13/h1-5,8-9,11,15H,6-7,10H2. The van der Waals surface area contributed by atoms with Gasteiger partial charge in [-0.1, -0.05) is 6.07 Å². The topological polar surface area (TPSA) is 42.5 Å². The van der Waals surface area contributed by atoms with E-state index >= 15 is 0 Å². The van der Waals surface area contributed by atoms with Gasteiger partial charge in [-0.05, 0) is 24.3 Å². The van der Waals surface area contributed by atoms with Crippen LogP contribution >= 0.6 is 0 Å². The second-order valence-corrected chi connectivity index (χ2v) is 4.20. The van der Waals surface area contributed by atoms with Gasteiger partial charge in [-0.25, -0.2) is 4.98 Å². The molecule has 92 valence electrons. The molecule has 18 heavy (non-hydrogen) atoms.